The van der Waals surface area contributed by atoms with Gasteiger partial charge in [0.1, 0.15) is 0 Å². The molecule has 1 saturated heterocycles. The van der Waals surface area contributed by atoms with Crippen LogP contribution in [0, 0.1) is 11.8 Å². The van der Waals surface area contributed by atoms with E-state index in [1.54, 1.807) is 0 Å². The summed E-state index contributed by atoms with van der Waals surface area (Å²) in [6.45, 7) is 6.18. The number of likely N-dealkylation sites (tertiary alicyclic amines) is 1. The lowest BCUT2D eigenvalue weighted by Gasteiger charge is -2.32. The maximum atomic E-state index is 4.37. The van der Waals surface area contributed by atoms with Gasteiger partial charge in [0.15, 0.2) is 0 Å². The van der Waals surface area contributed by atoms with Crippen molar-refractivity contribution < 1.29 is 0 Å². The molecule has 1 aliphatic heterocycles. The minimum Gasteiger partial charge on any atom is -0.301 e. The highest BCUT2D eigenvalue weighted by atomic mass is 15.3. The number of hydrogen-bond donors (Lipinski definition) is 0. The van der Waals surface area contributed by atoms with Crippen molar-refractivity contribution in [1.82, 2.24) is 14.7 Å². The molecule has 3 nitrogen and oxygen atoms in total. The van der Waals surface area contributed by atoms with Crippen molar-refractivity contribution in [3.63, 3.8) is 0 Å². The van der Waals surface area contributed by atoms with Gasteiger partial charge in [0.05, 0.1) is 6.04 Å². The predicted octanol–water partition coefficient (Wildman–Crippen LogP) is 2.18. The van der Waals surface area contributed by atoms with Crippen LogP contribution in [0.25, 0.3) is 0 Å². The molecule has 3 atom stereocenters. The average Bonchev–Trinajstić information content (AvgIpc) is 2.83. The zero-order chi connectivity index (χ0) is 11.0. The average molecular weight is 219 g/mol. The van der Waals surface area contributed by atoms with Gasteiger partial charge >= 0.3 is 0 Å². The fraction of sp³-hybridized carbons (Fsp3) is 0.769. The molecule has 1 aliphatic carbocycles. The van der Waals surface area contributed by atoms with E-state index in [2.05, 4.69) is 27.8 Å². The molecule has 0 amide bonds. The summed E-state index contributed by atoms with van der Waals surface area (Å²) in [5.74, 6) is 1.96. The molecule has 0 radical (unpaired) electrons. The van der Waals surface area contributed by atoms with Crippen molar-refractivity contribution in [2.24, 2.45) is 11.8 Å². The molecule has 2 aliphatic rings. The molecule has 1 saturated carbocycles. The molecule has 1 aromatic heterocycles. The first-order valence-electron chi connectivity index (χ1n) is 6.54. The molecular weight excluding hydrogens is 198 g/mol. The maximum absolute atomic E-state index is 4.37. The minimum atomic E-state index is 0.609. The predicted molar refractivity (Wildman–Crippen MR) is 64.2 cm³/mol. The van der Waals surface area contributed by atoms with Gasteiger partial charge in [-0.15, -0.1) is 0 Å². The summed E-state index contributed by atoms with van der Waals surface area (Å²) in [4.78, 5) is 2.64. The molecule has 0 spiro atoms. The summed E-state index contributed by atoms with van der Waals surface area (Å²) in [6, 6.07) is 2.64. The molecule has 3 heteroatoms. The molecule has 88 valence electrons. The van der Waals surface area contributed by atoms with Gasteiger partial charge < -0.3 is 4.90 Å². The van der Waals surface area contributed by atoms with Crippen molar-refractivity contribution >= 4 is 0 Å². The van der Waals surface area contributed by atoms with E-state index in [0.29, 0.717) is 6.04 Å². The van der Waals surface area contributed by atoms with Gasteiger partial charge in [-0.1, -0.05) is 6.92 Å². The Balaban J connectivity index is 1.57. The highest BCUT2D eigenvalue weighted by Gasteiger charge is 2.35. The molecule has 16 heavy (non-hydrogen) atoms. The van der Waals surface area contributed by atoms with E-state index in [1.165, 1.54) is 38.9 Å². The summed E-state index contributed by atoms with van der Waals surface area (Å²) in [7, 11) is 0. The van der Waals surface area contributed by atoms with Crippen molar-refractivity contribution in [3.05, 3.63) is 18.5 Å². The summed E-state index contributed by atoms with van der Waals surface area (Å²) < 4.78 is 2.14. The first-order valence-corrected chi connectivity index (χ1v) is 6.54. The fourth-order valence-corrected chi connectivity index (χ4v) is 2.89. The Hall–Kier alpha value is -0.830. The molecule has 0 aromatic carbocycles. The highest BCUT2D eigenvalue weighted by molar-refractivity contribution is 4.89. The van der Waals surface area contributed by atoms with Crippen molar-refractivity contribution in [2.75, 3.05) is 19.6 Å². The Bertz CT molecular complexity index is 333. The van der Waals surface area contributed by atoms with Gasteiger partial charge in [0.25, 0.3) is 0 Å². The van der Waals surface area contributed by atoms with E-state index in [1.807, 2.05) is 12.3 Å². The van der Waals surface area contributed by atoms with Gasteiger partial charge in [0.2, 0.25) is 0 Å². The third-order valence-corrected chi connectivity index (χ3v) is 4.15. The zero-order valence-electron chi connectivity index (χ0n) is 10.0. The molecule has 2 heterocycles. The van der Waals surface area contributed by atoms with Gasteiger partial charge in [-0.3, -0.25) is 4.68 Å². The first-order chi connectivity index (χ1) is 7.83. The van der Waals surface area contributed by atoms with Crippen molar-refractivity contribution in [2.45, 2.75) is 32.2 Å². The van der Waals surface area contributed by atoms with Crippen molar-refractivity contribution in [3.8, 4) is 0 Å². The highest BCUT2D eigenvalue weighted by Crippen LogP contribution is 2.39. The van der Waals surface area contributed by atoms with Crippen LogP contribution in [-0.2, 0) is 0 Å². The summed E-state index contributed by atoms with van der Waals surface area (Å²) in [5.41, 5.74) is 0. The van der Waals surface area contributed by atoms with Gasteiger partial charge in [0, 0.05) is 25.5 Å². The van der Waals surface area contributed by atoms with E-state index in [4.69, 9.17) is 0 Å². The Morgan fingerprint density at radius 2 is 2.31 bits per heavy atom. The van der Waals surface area contributed by atoms with Gasteiger partial charge in [-0.25, -0.2) is 0 Å². The van der Waals surface area contributed by atoms with Crippen LogP contribution in [0.3, 0.4) is 0 Å². The maximum Gasteiger partial charge on any atom is 0.0646 e. The van der Waals surface area contributed by atoms with Crippen LogP contribution in [0.15, 0.2) is 18.5 Å². The van der Waals surface area contributed by atoms with Crippen molar-refractivity contribution in [1.29, 1.82) is 0 Å². The smallest absolute Gasteiger partial charge is 0.0646 e. The summed E-state index contributed by atoms with van der Waals surface area (Å²) in [5, 5.41) is 4.37. The molecule has 3 rings (SSSR count). The number of nitrogens with zero attached hydrogens (tertiary/aromatic N) is 3. The van der Waals surface area contributed by atoms with Crippen LogP contribution in [0.4, 0.5) is 0 Å². The number of rotatable bonds is 3. The van der Waals surface area contributed by atoms with E-state index >= 15 is 0 Å². The standard InChI is InChI=1S/C13H21N3/c1-11-8-12(11)9-15-6-2-4-13(10-15)16-7-3-5-14-16/h3,5,7,11-13H,2,4,6,8-10H2,1H3/t11-,12-,13+/m1/s1. The van der Waals surface area contributed by atoms with E-state index in [-0.39, 0.29) is 0 Å². The number of piperidine rings is 1. The van der Waals surface area contributed by atoms with Crippen LogP contribution in [0.1, 0.15) is 32.2 Å². The monoisotopic (exact) mass is 219 g/mol. The third kappa shape index (κ3) is 2.14. The normalized spacial score (nSPS) is 35.2. The molecule has 1 aromatic rings. The molecule has 2 fully saturated rings. The van der Waals surface area contributed by atoms with Gasteiger partial charge in [-0.05, 0) is 43.7 Å². The second-order valence-corrected chi connectivity index (χ2v) is 5.51. The lowest BCUT2D eigenvalue weighted by Crippen LogP contribution is -2.38. The number of aromatic nitrogens is 2. The Labute approximate surface area is 97.4 Å². The number of hydrogen-bond acceptors (Lipinski definition) is 2. The van der Waals surface area contributed by atoms with Gasteiger partial charge in [-0.2, -0.15) is 5.10 Å². The molecular formula is C13H21N3. The zero-order valence-corrected chi connectivity index (χ0v) is 10.0. The largest absolute Gasteiger partial charge is 0.301 e. The SMILES string of the molecule is C[C@@H]1C[C@@H]1CN1CCC[C@H](n2cccn2)C1. The van der Waals surface area contributed by atoms with E-state index in [9.17, 15) is 0 Å². The Morgan fingerprint density at radius 3 is 3.00 bits per heavy atom. The topological polar surface area (TPSA) is 21.1 Å². The first kappa shape index (κ1) is 10.3. The van der Waals surface area contributed by atoms with Crippen LogP contribution in [0.2, 0.25) is 0 Å². The molecule has 0 bridgehead atoms. The van der Waals surface area contributed by atoms with E-state index in [0.717, 1.165) is 11.8 Å². The van der Waals surface area contributed by atoms with Crippen LogP contribution in [-0.4, -0.2) is 34.3 Å². The quantitative estimate of drug-likeness (QED) is 0.777. The third-order valence-electron chi connectivity index (χ3n) is 4.15. The van der Waals surface area contributed by atoms with Crippen LogP contribution >= 0.6 is 0 Å². The Morgan fingerprint density at radius 1 is 1.44 bits per heavy atom. The lowest BCUT2D eigenvalue weighted by atomic mass is 10.1. The van der Waals surface area contributed by atoms with E-state index < -0.39 is 0 Å². The fourth-order valence-electron chi connectivity index (χ4n) is 2.89. The molecule has 0 unspecified atom stereocenters. The summed E-state index contributed by atoms with van der Waals surface area (Å²) in [6.07, 6.45) is 8.06. The summed E-state index contributed by atoms with van der Waals surface area (Å²) >= 11 is 0. The lowest BCUT2D eigenvalue weighted by molar-refractivity contribution is 0.162. The molecule has 0 N–H and O–H groups in total. The second kappa shape index (κ2) is 4.21. The van der Waals surface area contributed by atoms with Crippen LogP contribution < -0.4 is 0 Å². The minimum absolute atomic E-state index is 0.609. The van der Waals surface area contributed by atoms with Crippen LogP contribution in [0.5, 0.6) is 0 Å². The Kier molecular flexibility index (Phi) is 2.72. The second-order valence-electron chi connectivity index (χ2n) is 5.51.